The molecule has 0 amide bonds. The summed E-state index contributed by atoms with van der Waals surface area (Å²) in [5, 5.41) is 0.947. The summed E-state index contributed by atoms with van der Waals surface area (Å²) in [5.41, 5.74) is 1.81. The van der Waals surface area contributed by atoms with E-state index in [-0.39, 0.29) is 0 Å². The van der Waals surface area contributed by atoms with E-state index in [0.717, 1.165) is 5.19 Å². The molecule has 1 rings (SSSR count). The van der Waals surface area contributed by atoms with Crippen LogP contribution < -0.4 is 5.19 Å². The summed E-state index contributed by atoms with van der Waals surface area (Å²) < 4.78 is 0. The lowest BCUT2D eigenvalue weighted by molar-refractivity contribution is 0.448. The number of hydrogen-bond donors (Lipinski definition) is 0. The van der Waals surface area contributed by atoms with E-state index >= 15 is 0 Å². The molecule has 1 aromatic rings. The van der Waals surface area contributed by atoms with Crippen LogP contribution in [0.25, 0.3) is 0 Å². The predicted molar refractivity (Wildman–Crippen MR) is 53.2 cm³/mol. The van der Waals surface area contributed by atoms with Crippen molar-refractivity contribution in [1.29, 1.82) is 0 Å². The molecular formula is C10H13OSi. The van der Waals surface area contributed by atoms with Gasteiger partial charge in [-0.3, -0.25) is 4.80 Å². The molecule has 1 aromatic carbocycles. The number of hydrogen-bond acceptors (Lipinski definition) is 0. The molecule has 0 spiro atoms. The van der Waals surface area contributed by atoms with Crippen molar-refractivity contribution in [2.75, 3.05) is 0 Å². The summed E-state index contributed by atoms with van der Waals surface area (Å²) >= 11 is 0. The fraction of sp³-hybridized carbons (Fsp3) is 0.200. The van der Waals surface area contributed by atoms with E-state index in [0.29, 0.717) is 0 Å². The molecule has 1 unspecified atom stereocenters. The van der Waals surface area contributed by atoms with Crippen molar-refractivity contribution in [3.8, 4) is 0 Å². The van der Waals surface area contributed by atoms with Crippen LogP contribution in [0.4, 0.5) is 0 Å². The van der Waals surface area contributed by atoms with Crippen LogP contribution >= 0.6 is 0 Å². The fourth-order valence-electron chi connectivity index (χ4n) is 1.18. The molecule has 63 valence electrons. The lowest BCUT2D eigenvalue weighted by Gasteiger charge is -2.12. The molecule has 0 aliphatic heterocycles. The van der Waals surface area contributed by atoms with Gasteiger partial charge in [0.05, 0.1) is 0 Å². The zero-order valence-corrected chi connectivity index (χ0v) is 8.45. The van der Waals surface area contributed by atoms with Gasteiger partial charge in [-0.2, -0.15) is 0 Å². The Morgan fingerprint density at radius 1 is 1.25 bits per heavy atom. The van der Waals surface area contributed by atoms with Gasteiger partial charge in [0, 0.05) is 0 Å². The Kier molecular flexibility index (Phi) is 2.84. The van der Waals surface area contributed by atoms with Crippen molar-refractivity contribution < 1.29 is 4.80 Å². The molecule has 0 bridgehead atoms. The van der Waals surface area contributed by atoms with E-state index in [1.165, 1.54) is 0 Å². The van der Waals surface area contributed by atoms with E-state index in [1.54, 1.807) is 0 Å². The van der Waals surface area contributed by atoms with E-state index in [9.17, 15) is 4.80 Å². The Hall–Kier alpha value is -0.863. The molecule has 1 atom stereocenters. The molecule has 0 aliphatic carbocycles. The highest BCUT2D eigenvalue weighted by Crippen LogP contribution is 2.01. The SMILES string of the molecule is C/C=C/[Si](C)([O])c1ccccc1. The largest absolute Gasteiger partial charge is 0.288 e. The zero-order valence-electron chi connectivity index (χ0n) is 7.45. The van der Waals surface area contributed by atoms with Crippen molar-refractivity contribution in [3.63, 3.8) is 0 Å². The maximum atomic E-state index is 12.0. The van der Waals surface area contributed by atoms with Crippen molar-refractivity contribution in [1.82, 2.24) is 0 Å². The molecule has 0 fully saturated rings. The summed E-state index contributed by atoms with van der Waals surface area (Å²) in [6, 6.07) is 9.60. The van der Waals surface area contributed by atoms with Gasteiger partial charge in [0.15, 0.2) is 0 Å². The van der Waals surface area contributed by atoms with Crippen molar-refractivity contribution >= 4 is 13.5 Å². The fourth-order valence-corrected chi connectivity index (χ4v) is 2.87. The van der Waals surface area contributed by atoms with Crippen LogP contribution in [0, 0.1) is 0 Å². The predicted octanol–water partition coefficient (Wildman–Crippen LogP) is 2.01. The molecule has 2 heteroatoms. The molecule has 12 heavy (non-hydrogen) atoms. The Morgan fingerprint density at radius 3 is 2.33 bits per heavy atom. The van der Waals surface area contributed by atoms with Crippen LogP contribution in [0.2, 0.25) is 6.55 Å². The lowest BCUT2D eigenvalue weighted by atomic mass is 10.4. The number of allylic oxidation sites excluding steroid dienone is 1. The Bertz CT molecular complexity index is 264. The second-order valence-electron chi connectivity index (χ2n) is 2.97. The molecule has 0 saturated heterocycles. The average Bonchev–Trinajstić information content (AvgIpc) is 2.06. The minimum absolute atomic E-state index is 0.947. The highest BCUT2D eigenvalue weighted by atomic mass is 28.4. The Balaban J connectivity index is 2.97. The zero-order chi connectivity index (χ0) is 9.03. The van der Waals surface area contributed by atoms with E-state index in [1.807, 2.05) is 55.6 Å². The van der Waals surface area contributed by atoms with Crippen LogP contribution in [-0.2, 0) is 4.80 Å². The minimum atomic E-state index is -2.51. The maximum Gasteiger partial charge on any atom is 0.288 e. The molecule has 0 N–H and O–H groups in total. The first-order valence-corrected chi connectivity index (χ1v) is 6.55. The van der Waals surface area contributed by atoms with Crippen molar-refractivity contribution in [2.24, 2.45) is 0 Å². The molecule has 0 aromatic heterocycles. The maximum absolute atomic E-state index is 12.0. The van der Waals surface area contributed by atoms with Crippen LogP contribution in [0.15, 0.2) is 42.1 Å². The second kappa shape index (κ2) is 3.69. The van der Waals surface area contributed by atoms with Gasteiger partial charge in [0.1, 0.15) is 0 Å². The monoisotopic (exact) mass is 177 g/mol. The second-order valence-corrected chi connectivity index (χ2v) is 6.10. The molecule has 0 heterocycles. The van der Waals surface area contributed by atoms with E-state index < -0.39 is 8.32 Å². The van der Waals surface area contributed by atoms with Crippen molar-refractivity contribution in [2.45, 2.75) is 13.5 Å². The van der Waals surface area contributed by atoms with Crippen molar-refractivity contribution in [3.05, 3.63) is 42.1 Å². The van der Waals surface area contributed by atoms with Gasteiger partial charge in [0.2, 0.25) is 0 Å². The summed E-state index contributed by atoms with van der Waals surface area (Å²) in [7, 11) is -2.51. The average molecular weight is 177 g/mol. The van der Waals surface area contributed by atoms with Gasteiger partial charge in [0.25, 0.3) is 8.32 Å². The third-order valence-corrected chi connectivity index (χ3v) is 4.28. The molecule has 0 saturated carbocycles. The first-order valence-electron chi connectivity index (χ1n) is 4.06. The highest BCUT2D eigenvalue weighted by molar-refractivity contribution is 6.88. The quantitative estimate of drug-likeness (QED) is 0.616. The smallest absolute Gasteiger partial charge is 0.286 e. The third kappa shape index (κ3) is 2.06. The topological polar surface area (TPSA) is 19.9 Å². The van der Waals surface area contributed by atoms with Gasteiger partial charge in [-0.05, 0) is 18.7 Å². The molecular weight excluding hydrogens is 164 g/mol. The minimum Gasteiger partial charge on any atom is -0.286 e. The highest BCUT2D eigenvalue weighted by Gasteiger charge is 2.25. The normalized spacial score (nSPS) is 16.2. The Morgan fingerprint density at radius 2 is 1.83 bits per heavy atom. The summed E-state index contributed by atoms with van der Waals surface area (Å²) in [6.07, 6.45) is 1.85. The van der Waals surface area contributed by atoms with Crippen LogP contribution in [0.5, 0.6) is 0 Å². The summed E-state index contributed by atoms with van der Waals surface area (Å²) in [5.74, 6) is 0. The Labute approximate surface area is 74.5 Å². The molecule has 1 radical (unpaired) electrons. The first-order chi connectivity index (χ1) is 5.67. The van der Waals surface area contributed by atoms with Gasteiger partial charge < -0.3 is 0 Å². The standard InChI is InChI=1S/C10H13OSi/c1-3-9-12(2,11)10-7-5-4-6-8-10/h3-9H,1-2H3/b9-3+. The van der Waals surface area contributed by atoms with Gasteiger partial charge in [-0.25, -0.2) is 0 Å². The summed E-state index contributed by atoms with van der Waals surface area (Å²) in [6.45, 7) is 3.70. The first kappa shape index (κ1) is 9.23. The number of benzene rings is 1. The van der Waals surface area contributed by atoms with Gasteiger partial charge >= 0.3 is 0 Å². The van der Waals surface area contributed by atoms with Crippen LogP contribution in [0.3, 0.4) is 0 Å². The van der Waals surface area contributed by atoms with E-state index in [2.05, 4.69) is 0 Å². The molecule has 0 aliphatic rings. The van der Waals surface area contributed by atoms with Crippen LogP contribution in [0.1, 0.15) is 6.92 Å². The summed E-state index contributed by atoms with van der Waals surface area (Å²) in [4.78, 5) is 12.0. The van der Waals surface area contributed by atoms with E-state index in [4.69, 9.17) is 0 Å². The number of rotatable bonds is 2. The lowest BCUT2D eigenvalue weighted by Crippen LogP contribution is -2.41. The molecule has 1 nitrogen and oxygen atoms in total. The van der Waals surface area contributed by atoms with Crippen LogP contribution in [-0.4, -0.2) is 8.32 Å². The van der Waals surface area contributed by atoms with Gasteiger partial charge in [-0.15, -0.1) is 0 Å². The van der Waals surface area contributed by atoms with Gasteiger partial charge in [-0.1, -0.05) is 42.1 Å². The third-order valence-electron chi connectivity index (χ3n) is 1.83.